The Hall–Kier alpha value is -1.38. The minimum absolute atomic E-state index is 0. The molecular formula is C21H28INO4. The Morgan fingerprint density at radius 2 is 1.93 bits per heavy atom. The average Bonchev–Trinajstić information content (AvgIpc) is 3.13. The Kier molecular flexibility index (Phi) is 8.79. The van der Waals surface area contributed by atoms with Gasteiger partial charge in [0.05, 0.1) is 26.9 Å². The standard InChI is InChI=1S/C21H28NO4.HI/c1-22-12-4-6-16(15-22)7-5-13-25-21-11-10-18(26-21)17-8-9-19(23-2)20(14-17)24-3;/h4,6,8-9,12,14-15,18,21H,5,7,10-11,13H2,1-3H3;1H/q+1;/p-1/t18-,21+;/m1./s1. The van der Waals surface area contributed by atoms with Crippen LogP contribution in [0.15, 0.2) is 42.7 Å². The fraction of sp³-hybridized carbons (Fsp3) is 0.476. The smallest absolute Gasteiger partial charge is 0.171 e. The van der Waals surface area contributed by atoms with Gasteiger partial charge in [-0.1, -0.05) is 6.07 Å². The maximum Gasteiger partial charge on any atom is 0.171 e. The molecule has 1 aromatic carbocycles. The molecule has 1 aliphatic heterocycles. The van der Waals surface area contributed by atoms with Gasteiger partial charge < -0.3 is 42.9 Å². The molecule has 0 saturated carbocycles. The minimum Gasteiger partial charge on any atom is -1.00 e. The molecule has 148 valence electrons. The van der Waals surface area contributed by atoms with Crippen molar-refractivity contribution in [3.05, 3.63) is 53.9 Å². The molecule has 1 fully saturated rings. The van der Waals surface area contributed by atoms with E-state index in [-0.39, 0.29) is 36.4 Å². The van der Waals surface area contributed by atoms with Gasteiger partial charge in [-0.3, -0.25) is 0 Å². The van der Waals surface area contributed by atoms with Crippen LogP contribution < -0.4 is 38.0 Å². The van der Waals surface area contributed by atoms with Gasteiger partial charge in [0.2, 0.25) is 0 Å². The van der Waals surface area contributed by atoms with E-state index in [0.29, 0.717) is 6.61 Å². The number of ether oxygens (including phenoxy) is 4. The lowest BCUT2D eigenvalue weighted by Crippen LogP contribution is -3.00. The van der Waals surface area contributed by atoms with Gasteiger partial charge in [-0.2, -0.15) is 0 Å². The number of halogens is 1. The van der Waals surface area contributed by atoms with E-state index in [4.69, 9.17) is 18.9 Å². The highest BCUT2D eigenvalue weighted by atomic mass is 127. The molecule has 5 nitrogen and oxygen atoms in total. The first-order valence-electron chi connectivity index (χ1n) is 9.12. The van der Waals surface area contributed by atoms with Crippen LogP contribution in [0.1, 0.15) is 36.5 Å². The molecule has 0 amide bonds. The van der Waals surface area contributed by atoms with E-state index >= 15 is 0 Å². The predicted octanol–water partition coefficient (Wildman–Crippen LogP) is 0.359. The van der Waals surface area contributed by atoms with E-state index in [1.165, 1.54) is 5.56 Å². The van der Waals surface area contributed by atoms with Crippen molar-refractivity contribution in [2.45, 2.75) is 38.1 Å². The highest BCUT2D eigenvalue weighted by Gasteiger charge is 2.27. The third-order valence-electron chi connectivity index (χ3n) is 4.67. The van der Waals surface area contributed by atoms with Gasteiger partial charge in [0.1, 0.15) is 7.05 Å². The quantitative estimate of drug-likeness (QED) is 0.308. The van der Waals surface area contributed by atoms with Crippen LogP contribution in [0.25, 0.3) is 0 Å². The number of benzene rings is 1. The number of aromatic nitrogens is 1. The summed E-state index contributed by atoms with van der Waals surface area (Å²) in [5, 5.41) is 0. The highest BCUT2D eigenvalue weighted by Crippen LogP contribution is 2.37. The summed E-state index contributed by atoms with van der Waals surface area (Å²) in [5.41, 5.74) is 2.43. The Balaban J connectivity index is 0.00000261. The highest BCUT2D eigenvalue weighted by molar-refractivity contribution is 5.43. The summed E-state index contributed by atoms with van der Waals surface area (Å²) in [4.78, 5) is 0. The van der Waals surface area contributed by atoms with Crippen molar-refractivity contribution in [3.8, 4) is 11.5 Å². The topological polar surface area (TPSA) is 40.8 Å². The maximum absolute atomic E-state index is 6.07. The fourth-order valence-electron chi connectivity index (χ4n) is 3.32. The van der Waals surface area contributed by atoms with Crippen LogP contribution in [-0.2, 0) is 22.9 Å². The zero-order valence-electron chi connectivity index (χ0n) is 16.2. The van der Waals surface area contributed by atoms with E-state index in [1.807, 2.05) is 31.4 Å². The molecule has 1 aromatic heterocycles. The van der Waals surface area contributed by atoms with E-state index in [2.05, 4.69) is 22.9 Å². The van der Waals surface area contributed by atoms with Gasteiger partial charge in [-0.05, 0) is 43.0 Å². The van der Waals surface area contributed by atoms with Crippen molar-refractivity contribution < 1.29 is 47.5 Å². The zero-order valence-corrected chi connectivity index (χ0v) is 18.3. The second-order valence-electron chi connectivity index (χ2n) is 6.60. The first-order chi connectivity index (χ1) is 12.7. The van der Waals surface area contributed by atoms with Crippen molar-refractivity contribution in [1.29, 1.82) is 0 Å². The molecule has 1 aliphatic rings. The number of aryl methyl sites for hydroxylation is 2. The summed E-state index contributed by atoms with van der Waals surface area (Å²) < 4.78 is 24.7. The Morgan fingerprint density at radius 3 is 2.67 bits per heavy atom. The monoisotopic (exact) mass is 485 g/mol. The summed E-state index contributed by atoms with van der Waals surface area (Å²) in [6.07, 6.45) is 7.99. The molecule has 3 rings (SSSR count). The molecule has 0 aliphatic carbocycles. The molecule has 1 saturated heterocycles. The van der Waals surface area contributed by atoms with Gasteiger partial charge in [-0.25, -0.2) is 4.57 Å². The number of hydrogen-bond donors (Lipinski definition) is 0. The molecule has 27 heavy (non-hydrogen) atoms. The lowest BCUT2D eigenvalue weighted by atomic mass is 10.1. The van der Waals surface area contributed by atoms with Gasteiger partial charge in [0.15, 0.2) is 30.2 Å². The molecular weight excluding hydrogens is 457 g/mol. The second-order valence-corrected chi connectivity index (χ2v) is 6.60. The van der Waals surface area contributed by atoms with Crippen LogP contribution >= 0.6 is 0 Å². The molecule has 0 radical (unpaired) electrons. The molecule has 2 atom stereocenters. The number of nitrogens with zero attached hydrogens (tertiary/aromatic N) is 1. The summed E-state index contributed by atoms with van der Waals surface area (Å²) in [6.45, 7) is 0.710. The Labute approximate surface area is 178 Å². The summed E-state index contributed by atoms with van der Waals surface area (Å²) in [6, 6.07) is 10.2. The molecule has 6 heteroatoms. The average molecular weight is 485 g/mol. The van der Waals surface area contributed by atoms with Crippen molar-refractivity contribution in [3.63, 3.8) is 0 Å². The number of rotatable bonds is 8. The minimum atomic E-state index is -0.125. The van der Waals surface area contributed by atoms with E-state index in [9.17, 15) is 0 Å². The summed E-state index contributed by atoms with van der Waals surface area (Å²) in [7, 11) is 5.33. The SMILES string of the molecule is COc1ccc([C@H]2CC[C@@H](OCCCc3ccc[n+](C)c3)O2)cc1OC.[I-]. The molecule has 2 aromatic rings. The predicted molar refractivity (Wildman–Crippen MR) is 98.3 cm³/mol. The van der Waals surface area contributed by atoms with E-state index in [0.717, 1.165) is 42.7 Å². The second kappa shape index (κ2) is 10.8. The number of pyridine rings is 1. The van der Waals surface area contributed by atoms with Crippen LogP contribution in [0.3, 0.4) is 0 Å². The van der Waals surface area contributed by atoms with Crippen LogP contribution in [-0.4, -0.2) is 27.1 Å². The third kappa shape index (κ3) is 6.05. The molecule has 2 heterocycles. The summed E-state index contributed by atoms with van der Waals surface area (Å²) in [5.74, 6) is 1.46. The van der Waals surface area contributed by atoms with Crippen molar-refractivity contribution in [1.82, 2.24) is 0 Å². The maximum atomic E-state index is 6.07. The van der Waals surface area contributed by atoms with Crippen LogP contribution in [0.4, 0.5) is 0 Å². The summed E-state index contributed by atoms with van der Waals surface area (Å²) >= 11 is 0. The van der Waals surface area contributed by atoms with Crippen molar-refractivity contribution >= 4 is 0 Å². The lowest BCUT2D eigenvalue weighted by molar-refractivity contribution is -0.671. The van der Waals surface area contributed by atoms with Crippen LogP contribution in [0.5, 0.6) is 11.5 Å². The first kappa shape index (κ1) is 21.9. The first-order valence-corrected chi connectivity index (χ1v) is 9.12. The van der Waals surface area contributed by atoms with Gasteiger partial charge >= 0.3 is 0 Å². The largest absolute Gasteiger partial charge is 1.00 e. The van der Waals surface area contributed by atoms with E-state index in [1.54, 1.807) is 14.2 Å². The molecule has 0 bridgehead atoms. The molecule has 0 unspecified atom stereocenters. The lowest BCUT2D eigenvalue weighted by Gasteiger charge is -2.16. The van der Waals surface area contributed by atoms with Crippen LogP contribution in [0, 0.1) is 0 Å². The van der Waals surface area contributed by atoms with Crippen molar-refractivity contribution in [2.75, 3.05) is 20.8 Å². The number of hydrogen-bond acceptors (Lipinski definition) is 4. The zero-order chi connectivity index (χ0) is 18.4. The normalized spacial score (nSPS) is 18.8. The van der Waals surface area contributed by atoms with E-state index < -0.39 is 0 Å². The van der Waals surface area contributed by atoms with Gasteiger partial charge in [0, 0.05) is 18.1 Å². The van der Waals surface area contributed by atoms with Crippen molar-refractivity contribution in [2.24, 2.45) is 7.05 Å². The Morgan fingerprint density at radius 1 is 1.11 bits per heavy atom. The number of methoxy groups -OCH3 is 2. The fourth-order valence-corrected chi connectivity index (χ4v) is 3.32. The van der Waals surface area contributed by atoms with Gasteiger partial charge in [-0.15, -0.1) is 0 Å². The Bertz CT molecular complexity index is 725. The molecule has 0 spiro atoms. The van der Waals surface area contributed by atoms with Gasteiger partial charge in [0.25, 0.3) is 0 Å². The van der Waals surface area contributed by atoms with Crippen LogP contribution in [0.2, 0.25) is 0 Å². The molecule has 0 N–H and O–H groups in total. The third-order valence-corrected chi connectivity index (χ3v) is 4.67.